The van der Waals surface area contributed by atoms with Crippen molar-refractivity contribution < 1.29 is 0 Å². The molecule has 0 atom stereocenters. The summed E-state index contributed by atoms with van der Waals surface area (Å²) in [4.78, 5) is 0. The molecule has 84 heavy (non-hydrogen) atoms. The molecule has 0 bridgehead atoms. The van der Waals surface area contributed by atoms with E-state index in [1.54, 1.807) is 0 Å². The van der Waals surface area contributed by atoms with E-state index in [0.717, 1.165) is 0 Å². The van der Waals surface area contributed by atoms with Crippen molar-refractivity contribution in [1.82, 2.24) is 0 Å². The summed E-state index contributed by atoms with van der Waals surface area (Å²) >= 11 is 0. The molecule has 388 valence electrons. The van der Waals surface area contributed by atoms with Gasteiger partial charge in [-0.15, -0.1) is 0 Å². The van der Waals surface area contributed by atoms with Crippen molar-refractivity contribution in [3.63, 3.8) is 0 Å². The zero-order valence-electron chi connectivity index (χ0n) is 46.0. The maximum atomic E-state index is 2.46. The lowest BCUT2D eigenvalue weighted by atomic mass is 9.82. The zero-order chi connectivity index (χ0) is 55.2. The summed E-state index contributed by atoms with van der Waals surface area (Å²) in [5, 5.41) is 15.7. The van der Waals surface area contributed by atoms with Crippen LogP contribution in [0.15, 0.2) is 315 Å². The molecule has 0 nitrogen and oxygen atoms in total. The highest BCUT2D eigenvalue weighted by Crippen LogP contribution is 2.59. The first-order chi connectivity index (χ1) is 41.7. The van der Waals surface area contributed by atoms with Crippen LogP contribution in [0.5, 0.6) is 0 Å². The van der Waals surface area contributed by atoms with Crippen molar-refractivity contribution in [2.45, 2.75) is 0 Å². The Morgan fingerprint density at radius 1 is 0.131 bits per heavy atom. The Labute approximate surface area is 488 Å². The fourth-order valence-electron chi connectivity index (χ4n) is 14.3. The van der Waals surface area contributed by atoms with Crippen LogP contribution in [0, 0.1) is 0 Å². The van der Waals surface area contributed by atoms with Gasteiger partial charge in [0.05, 0.1) is 0 Å². The summed E-state index contributed by atoms with van der Waals surface area (Å²) in [5.41, 5.74) is 25.7. The molecule has 0 aromatic heterocycles. The fraction of sp³-hybridized carbons (Fsp3) is 0. The number of rotatable bonds is 6. The molecule has 0 spiro atoms. The second kappa shape index (κ2) is 19.4. The van der Waals surface area contributed by atoms with Gasteiger partial charge in [0.25, 0.3) is 0 Å². The second-order valence-electron chi connectivity index (χ2n) is 22.5. The first kappa shape index (κ1) is 47.8. The minimum Gasteiger partial charge on any atom is -0.0622 e. The van der Waals surface area contributed by atoms with Gasteiger partial charge in [-0.25, -0.2) is 0 Å². The summed E-state index contributed by atoms with van der Waals surface area (Å²) in [6, 6.07) is 116. The molecule has 16 aromatic rings. The Morgan fingerprint density at radius 2 is 0.452 bits per heavy atom. The smallest absolute Gasteiger partial charge is 0.000741 e. The van der Waals surface area contributed by atoms with Gasteiger partial charge < -0.3 is 0 Å². The van der Waals surface area contributed by atoms with Gasteiger partial charge >= 0.3 is 0 Å². The molecule has 0 heteroatoms. The van der Waals surface area contributed by atoms with Gasteiger partial charge in [-0.3, -0.25) is 0 Å². The predicted octanol–water partition coefficient (Wildman–Crippen LogP) is 23.6. The SMILES string of the molecule is c1ccc(-c2cc(-c3ccc(-c4cc5ccccc5c5ccccc45)cc3)c(-c3ccccc3)c3c2-c2cccc4c2c-3cc2ccccc24)cc1.c1ccc(-c2ccc(-c3ccccc3)c3c2-c2cccc4c2c-3cc2ccccc24)cc1. The molecule has 0 heterocycles. The molecule has 18 rings (SSSR count). The Balaban J connectivity index is 0.000000148. The topological polar surface area (TPSA) is 0 Å². The first-order valence-electron chi connectivity index (χ1n) is 29.2. The van der Waals surface area contributed by atoms with E-state index in [0.29, 0.717) is 0 Å². The lowest BCUT2D eigenvalue weighted by Crippen LogP contribution is -1.94. The monoisotopic (exact) mass is 1060 g/mol. The molecular weight excluding hydrogens is 1010 g/mol. The summed E-state index contributed by atoms with van der Waals surface area (Å²) in [6.07, 6.45) is 0. The van der Waals surface area contributed by atoms with Crippen molar-refractivity contribution in [3.05, 3.63) is 315 Å². The first-order valence-corrected chi connectivity index (χ1v) is 29.2. The van der Waals surface area contributed by atoms with Crippen molar-refractivity contribution in [1.29, 1.82) is 0 Å². The van der Waals surface area contributed by atoms with Crippen LogP contribution in [0.2, 0.25) is 0 Å². The van der Waals surface area contributed by atoms with E-state index in [-0.39, 0.29) is 0 Å². The highest BCUT2D eigenvalue weighted by atomic mass is 14.3. The Hall–Kier alpha value is -10.9. The molecule has 0 saturated carbocycles. The summed E-state index contributed by atoms with van der Waals surface area (Å²) in [6.45, 7) is 0. The van der Waals surface area contributed by atoms with E-state index < -0.39 is 0 Å². The molecule has 0 fully saturated rings. The molecule has 0 N–H and O–H groups in total. The summed E-state index contributed by atoms with van der Waals surface area (Å²) in [7, 11) is 0. The van der Waals surface area contributed by atoms with Gasteiger partial charge in [-0.1, -0.05) is 291 Å². The minimum absolute atomic E-state index is 1.21. The number of fused-ring (bicyclic) bond motifs is 13. The Morgan fingerprint density at radius 3 is 0.952 bits per heavy atom. The molecule has 0 aliphatic heterocycles. The molecule has 2 aliphatic rings. The van der Waals surface area contributed by atoms with Crippen LogP contribution in [-0.2, 0) is 0 Å². The molecule has 16 aromatic carbocycles. The van der Waals surface area contributed by atoms with Gasteiger partial charge in [0.15, 0.2) is 0 Å². The van der Waals surface area contributed by atoms with Crippen LogP contribution >= 0.6 is 0 Å². The third-order valence-corrected chi connectivity index (χ3v) is 18.0. The highest BCUT2D eigenvalue weighted by molar-refractivity contribution is 6.29. The van der Waals surface area contributed by atoms with E-state index in [1.165, 1.54) is 176 Å². The van der Waals surface area contributed by atoms with Crippen LogP contribution in [0.1, 0.15) is 0 Å². The average molecular weight is 1060 g/mol. The standard InChI is InChI=1S/C52H32.C32H20/c1-3-14-33(15-4-1)47-32-46(35-28-26-34(27-29-35)45-30-37-18-7-9-20-39(37)41-22-11-12-23-42(41)45)49(36-16-5-2-6-17-36)52-48-31-38-19-8-10-21-40(38)43-24-13-25-44(50(43)48)51(47)52;1-3-10-21(11-4-1)25-18-19-26(22-12-5-2-6-13-22)32-29-20-23-14-7-8-15-24(23)27-16-9-17-28(30(27)29)31(25)32/h1-32H;1-20H. The Bertz CT molecular complexity index is 5310. The van der Waals surface area contributed by atoms with Crippen LogP contribution in [0.25, 0.3) is 176 Å². The minimum atomic E-state index is 1.21. The van der Waals surface area contributed by atoms with Gasteiger partial charge in [-0.2, -0.15) is 0 Å². The molecule has 0 saturated heterocycles. The van der Waals surface area contributed by atoms with Gasteiger partial charge in [0.2, 0.25) is 0 Å². The largest absolute Gasteiger partial charge is 0.0622 e. The van der Waals surface area contributed by atoms with Crippen molar-refractivity contribution in [2.24, 2.45) is 0 Å². The maximum absolute atomic E-state index is 2.46. The summed E-state index contributed by atoms with van der Waals surface area (Å²) < 4.78 is 0. The van der Waals surface area contributed by atoms with Gasteiger partial charge in [-0.05, 0) is 200 Å². The van der Waals surface area contributed by atoms with E-state index in [1.807, 2.05) is 0 Å². The van der Waals surface area contributed by atoms with E-state index in [9.17, 15) is 0 Å². The van der Waals surface area contributed by atoms with Crippen molar-refractivity contribution in [2.75, 3.05) is 0 Å². The summed E-state index contributed by atoms with van der Waals surface area (Å²) in [5.74, 6) is 0. The normalized spacial score (nSPS) is 11.8. The molecule has 0 amide bonds. The van der Waals surface area contributed by atoms with Crippen molar-refractivity contribution in [3.8, 4) is 111 Å². The van der Waals surface area contributed by atoms with Gasteiger partial charge in [0, 0.05) is 0 Å². The number of hydrogen-bond acceptors (Lipinski definition) is 0. The van der Waals surface area contributed by atoms with Crippen LogP contribution in [-0.4, -0.2) is 0 Å². The molecule has 2 aliphatic carbocycles. The van der Waals surface area contributed by atoms with Crippen LogP contribution < -0.4 is 0 Å². The Kier molecular flexibility index (Phi) is 11.0. The zero-order valence-corrected chi connectivity index (χ0v) is 46.0. The maximum Gasteiger partial charge on any atom is -0.000741 e. The molecule has 0 radical (unpaired) electrons. The molecular formula is C84H52. The third kappa shape index (κ3) is 7.48. The number of hydrogen-bond donors (Lipinski definition) is 0. The van der Waals surface area contributed by atoms with E-state index in [2.05, 4.69) is 315 Å². The van der Waals surface area contributed by atoms with Gasteiger partial charge in [0.1, 0.15) is 0 Å². The highest BCUT2D eigenvalue weighted by Gasteiger charge is 2.32. The predicted molar refractivity (Wildman–Crippen MR) is 359 cm³/mol. The van der Waals surface area contributed by atoms with E-state index >= 15 is 0 Å². The van der Waals surface area contributed by atoms with Crippen molar-refractivity contribution >= 4 is 64.6 Å². The van der Waals surface area contributed by atoms with Crippen LogP contribution in [0.4, 0.5) is 0 Å². The lowest BCUT2D eigenvalue weighted by molar-refractivity contribution is 1.56. The van der Waals surface area contributed by atoms with E-state index in [4.69, 9.17) is 0 Å². The average Bonchev–Trinajstić information content (AvgIpc) is 1.84. The lowest BCUT2D eigenvalue weighted by Gasteiger charge is -2.21. The van der Waals surface area contributed by atoms with Crippen LogP contribution in [0.3, 0.4) is 0 Å². The second-order valence-corrected chi connectivity index (χ2v) is 22.5. The molecule has 0 unspecified atom stereocenters. The number of benzene rings is 16. The quantitative estimate of drug-likeness (QED) is 0.146. The fourth-order valence-corrected chi connectivity index (χ4v) is 14.3. The third-order valence-electron chi connectivity index (χ3n) is 18.0.